The van der Waals surface area contributed by atoms with Crippen LogP contribution in [0.1, 0.15) is 56.1 Å². The number of ether oxygens (including phenoxy) is 1. The summed E-state index contributed by atoms with van der Waals surface area (Å²) in [6, 6.07) is 15.6. The van der Waals surface area contributed by atoms with Gasteiger partial charge in [-0.2, -0.15) is 0 Å². The molecule has 2 aromatic rings. The molecule has 7 nitrogen and oxygen atoms in total. The molecule has 2 unspecified atom stereocenters. The normalized spacial score (nSPS) is 19.9. The number of nitrogens with one attached hydrogen (secondary N) is 2. The van der Waals surface area contributed by atoms with Crippen LogP contribution in [0.3, 0.4) is 0 Å². The zero-order chi connectivity index (χ0) is 23.4. The summed E-state index contributed by atoms with van der Waals surface area (Å²) in [7, 11) is 0. The highest BCUT2D eigenvalue weighted by atomic mass is 16.5. The minimum absolute atomic E-state index is 0.0212. The van der Waals surface area contributed by atoms with Crippen LogP contribution in [0.4, 0.5) is 4.79 Å². The van der Waals surface area contributed by atoms with E-state index in [-0.39, 0.29) is 36.8 Å². The van der Waals surface area contributed by atoms with E-state index in [9.17, 15) is 14.4 Å². The lowest BCUT2D eigenvalue weighted by atomic mass is 9.98. The summed E-state index contributed by atoms with van der Waals surface area (Å²) in [6.45, 7) is 2.06. The molecule has 174 valence electrons. The Bertz CT molecular complexity index is 991. The summed E-state index contributed by atoms with van der Waals surface area (Å²) in [5.74, 6) is -1.55. The number of rotatable bonds is 8. The van der Waals surface area contributed by atoms with Crippen molar-refractivity contribution in [3.8, 4) is 11.1 Å². The van der Waals surface area contributed by atoms with Crippen LogP contribution in [-0.2, 0) is 14.3 Å². The topological polar surface area (TPSA) is 105 Å². The van der Waals surface area contributed by atoms with E-state index in [1.165, 1.54) is 11.1 Å². The Hall–Kier alpha value is -3.35. The molecule has 1 fully saturated rings. The molecular weight excluding hydrogens is 420 g/mol. The number of carboxylic acid groups (broad SMARTS) is 1. The number of carboxylic acids is 1. The molecule has 0 bridgehead atoms. The van der Waals surface area contributed by atoms with E-state index < -0.39 is 18.1 Å². The SMILES string of the molecule is CC[C@H](CC(=O)O)NC(=O)C1CCCC1NC(=O)OCC1c2ccccc2-c2ccccc21. The lowest BCUT2D eigenvalue weighted by Crippen LogP contribution is -2.47. The number of hydrogen-bond acceptors (Lipinski definition) is 4. The standard InChI is InChI=1S/C26H30N2O5/c1-2-16(14-24(29)30)27-25(31)21-12-7-13-23(21)28-26(32)33-15-22-19-10-5-3-8-17(19)18-9-4-6-11-20(18)22/h3-6,8-11,16,21-23H,2,7,12-15H2,1H3,(H,27,31)(H,28,32)(H,29,30)/t16-,21?,23?/m1/s1. The number of carbonyl (C=O) groups is 3. The number of benzene rings is 2. The van der Waals surface area contributed by atoms with Crippen molar-refractivity contribution in [1.29, 1.82) is 0 Å². The molecule has 33 heavy (non-hydrogen) atoms. The van der Waals surface area contributed by atoms with Crippen LogP contribution in [0.15, 0.2) is 48.5 Å². The van der Waals surface area contributed by atoms with Gasteiger partial charge in [-0.3, -0.25) is 9.59 Å². The van der Waals surface area contributed by atoms with E-state index in [0.29, 0.717) is 19.3 Å². The number of hydrogen-bond donors (Lipinski definition) is 3. The number of carbonyl (C=O) groups excluding carboxylic acids is 2. The zero-order valence-corrected chi connectivity index (χ0v) is 18.8. The van der Waals surface area contributed by atoms with Gasteiger partial charge < -0.3 is 20.5 Å². The Morgan fingerprint density at radius 1 is 1.03 bits per heavy atom. The average Bonchev–Trinajstić information content (AvgIpc) is 3.39. The predicted octanol–water partition coefficient (Wildman–Crippen LogP) is 4.06. The molecule has 2 aromatic carbocycles. The van der Waals surface area contributed by atoms with Crippen molar-refractivity contribution in [2.75, 3.05) is 6.61 Å². The summed E-state index contributed by atoms with van der Waals surface area (Å²) in [5, 5.41) is 14.7. The highest BCUT2D eigenvalue weighted by molar-refractivity contribution is 5.82. The van der Waals surface area contributed by atoms with Crippen LogP contribution in [0.2, 0.25) is 0 Å². The van der Waals surface area contributed by atoms with Gasteiger partial charge in [-0.1, -0.05) is 61.9 Å². The molecule has 0 aromatic heterocycles. The fraction of sp³-hybridized carbons (Fsp3) is 0.423. The lowest BCUT2D eigenvalue weighted by Gasteiger charge is -2.23. The maximum Gasteiger partial charge on any atom is 0.407 e. The largest absolute Gasteiger partial charge is 0.481 e. The Balaban J connectivity index is 1.35. The van der Waals surface area contributed by atoms with Gasteiger partial charge in [0.25, 0.3) is 0 Å². The van der Waals surface area contributed by atoms with Gasteiger partial charge in [0.05, 0.1) is 12.3 Å². The third kappa shape index (κ3) is 5.02. The second-order valence-electron chi connectivity index (χ2n) is 8.83. The van der Waals surface area contributed by atoms with Gasteiger partial charge in [-0.15, -0.1) is 0 Å². The van der Waals surface area contributed by atoms with Crippen molar-refractivity contribution in [1.82, 2.24) is 10.6 Å². The van der Waals surface area contributed by atoms with Crippen LogP contribution in [-0.4, -0.2) is 41.8 Å². The summed E-state index contributed by atoms with van der Waals surface area (Å²) in [6.07, 6.45) is 2.07. The first-order valence-electron chi connectivity index (χ1n) is 11.6. The van der Waals surface area contributed by atoms with E-state index >= 15 is 0 Å². The van der Waals surface area contributed by atoms with E-state index in [2.05, 4.69) is 34.9 Å². The molecule has 0 spiro atoms. The first kappa shape index (κ1) is 22.8. The van der Waals surface area contributed by atoms with Gasteiger partial charge in [0.1, 0.15) is 6.61 Å². The summed E-state index contributed by atoms with van der Waals surface area (Å²) in [5.41, 5.74) is 4.63. The molecule has 0 radical (unpaired) electrons. The summed E-state index contributed by atoms with van der Waals surface area (Å²) >= 11 is 0. The summed E-state index contributed by atoms with van der Waals surface area (Å²) in [4.78, 5) is 36.4. The predicted molar refractivity (Wildman–Crippen MR) is 124 cm³/mol. The van der Waals surface area contributed by atoms with Crippen molar-refractivity contribution in [2.45, 2.75) is 57.0 Å². The molecule has 4 rings (SSSR count). The molecule has 2 aliphatic carbocycles. The molecule has 0 saturated heterocycles. The molecule has 1 saturated carbocycles. The molecule has 3 atom stereocenters. The lowest BCUT2D eigenvalue weighted by molar-refractivity contribution is -0.137. The van der Waals surface area contributed by atoms with Gasteiger partial charge in [-0.25, -0.2) is 4.79 Å². The quantitative estimate of drug-likeness (QED) is 0.563. The summed E-state index contributed by atoms with van der Waals surface area (Å²) < 4.78 is 5.63. The van der Waals surface area contributed by atoms with Gasteiger partial charge in [0.2, 0.25) is 5.91 Å². The molecule has 2 amide bonds. The minimum Gasteiger partial charge on any atom is -0.481 e. The highest BCUT2D eigenvalue weighted by Crippen LogP contribution is 2.44. The fourth-order valence-corrected chi connectivity index (χ4v) is 5.05. The number of fused-ring (bicyclic) bond motifs is 3. The highest BCUT2D eigenvalue weighted by Gasteiger charge is 2.36. The van der Waals surface area contributed by atoms with E-state index in [1.54, 1.807) is 0 Å². The van der Waals surface area contributed by atoms with E-state index in [0.717, 1.165) is 17.5 Å². The Morgan fingerprint density at radius 3 is 2.27 bits per heavy atom. The number of alkyl carbamates (subject to hydrolysis) is 1. The average molecular weight is 451 g/mol. The van der Waals surface area contributed by atoms with Gasteiger partial charge in [0.15, 0.2) is 0 Å². The van der Waals surface area contributed by atoms with Crippen LogP contribution in [0.25, 0.3) is 11.1 Å². The smallest absolute Gasteiger partial charge is 0.407 e. The van der Waals surface area contributed by atoms with Crippen molar-refractivity contribution in [2.24, 2.45) is 5.92 Å². The van der Waals surface area contributed by atoms with Crippen LogP contribution >= 0.6 is 0 Å². The fourth-order valence-electron chi connectivity index (χ4n) is 5.05. The van der Waals surface area contributed by atoms with Crippen molar-refractivity contribution in [3.05, 3.63) is 59.7 Å². The van der Waals surface area contributed by atoms with E-state index in [4.69, 9.17) is 9.84 Å². The maximum absolute atomic E-state index is 12.7. The minimum atomic E-state index is -0.943. The van der Waals surface area contributed by atoms with Crippen molar-refractivity contribution >= 4 is 18.0 Å². The van der Waals surface area contributed by atoms with E-state index in [1.807, 2.05) is 31.2 Å². The van der Waals surface area contributed by atoms with Crippen molar-refractivity contribution in [3.63, 3.8) is 0 Å². The Labute approximate surface area is 193 Å². The molecular formula is C26H30N2O5. The first-order chi connectivity index (χ1) is 16.0. The van der Waals surface area contributed by atoms with Crippen LogP contribution < -0.4 is 10.6 Å². The third-order valence-corrected chi connectivity index (χ3v) is 6.76. The maximum atomic E-state index is 12.7. The molecule has 2 aliphatic rings. The second kappa shape index (κ2) is 10.1. The van der Waals surface area contributed by atoms with Gasteiger partial charge in [-0.05, 0) is 41.5 Å². The number of aliphatic carboxylic acids is 1. The molecule has 0 heterocycles. The molecule has 3 N–H and O–H groups in total. The zero-order valence-electron chi connectivity index (χ0n) is 18.8. The second-order valence-corrected chi connectivity index (χ2v) is 8.83. The Kier molecular flexibility index (Phi) is 6.96. The monoisotopic (exact) mass is 450 g/mol. The third-order valence-electron chi connectivity index (χ3n) is 6.76. The van der Waals surface area contributed by atoms with Gasteiger partial charge in [0, 0.05) is 18.0 Å². The number of amides is 2. The van der Waals surface area contributed by atoms with Crippen molar-refractivity contribution < 1.29 is 24.2 Å². The molecule has 7 heteroatoms. The first-order valence-corrected chi connectivity index (χ1v) is 11.6. The molecule has 0 aliphatic heterocycles. The van der Waals surface area contributed by atoms with Crippen LogP contribution in [0, 0.1) is 5.92 Å². The Morgan fingerprint density at radius 2 is 1.67 bits per heavy atom. The van der Waals surface area contributed by atoms with Crippen LogP contribution in [0.5, 0.6) is 0 Å². The van der Waals surface area contributed by atoms with Gasteiger partial charge >= 0.3 is 12.1 Å².